The Balaban J connectivity index is 1.55. The van der Waals surface area contributed by atoms with Crippen molar-refractivity contribution in [2.45, 2.75) is 25.8 Å². The van der Waals surface area contributed by atoms with Gasteiger partial charge in [0.15, 0.2) is 5.78 Å². The summed E-state index contributed by atoms with van der Waals surface area (Å²) in [7, 11) is 0. The second-order valence-electron chi connectivity index (χ2n) is 6.92. The first kappa shape index (κ1) is 16.5. The zero-order chi connectivity index (χ0) is 18.3. The number of carbonyl (C=O) groups excluding carboxylic acids is 2. The average Bonchev–Trinajstić information content (AvgIpc) is 3.00. The Morgan fingerprint density at radius 3 is 2.50 bits per heavy atom. The van der Waals surface area contributed by atoms with E-state index >= 15 is 0 Å². The third-order valence-corrected chi connectivity index (χ3v) is 5.27. The van der Waals surface area contributed by atoms with Gasteiger partial charge in [-0.2, -0.15) is 0 Å². The van der Waals surface area contributed by atoms with Gasteiger partial charge in [0.1, 0.15) is 6.04 Å². The smallest absolute Gasteiger partial charge is 0.245 e. The molecule has 0 spiro atoms. The van der Waals surface area contributed by atoms with Gasteiger partial charge in [-0.1, -0.05) is 18.2 Å². The van der Waals surface area contributed by atoms with Crippen molar-refractivity contribution in [2.75, 3.05) is 13.1 Å². The highest BCUT2D eigenvalue weighted by Crippen LogP contribution is 2.31. The second-order valence-corrected chi connectivity index (χ2v) is 6.92. The van der Waals surface area contributed by atoms with Crippen molar-refractivity contribution in [1.29, 1.82) is 0 Å². The van der Waals surface area contributed by atoms with E-state index in [9.17, 15) is 9.59 Å². The topological polar surface area (TPSA) is 55.2 Å². The van der Waals surface area contributed by atoms with E-state index in [2.05, 4.69) is 4.98 Å². The molecule has 1 aliphatic heterocycles. The summed E-state index contributed by atoms with van der Waals surface area (Å²) in [6.07, 6.45) is 5.39. The van der Waals surface area contributed by atoms with Crippen molar-refractivity contribution in [2.24, 2.45) is 0 Å². The van der Waals surface area contributed by atoms with E-state index in [0.717, 1.165) is 24.0 Å². The van der Waals surface area contributed by atoms with Crippen molar-refractivity contribution in [3.8, 4) is 0 Å². The summed E-state index contributed by atoms with van der Waals surface area (Å²) >= 11 is 0. The lowest BCUT2D eigenvalue weighted by Gasteiger charge is -2.41. The largest absolute Gasteiger partial charge is 0.340 e. The molecule has 1 atom stereocenters. The van der Waals surface area contributed by atoms with Gasteiger partial charge in [0.25, 0.3) is 0 Å². The highest BCUT2D eigenvalue weighted by molar-refractivity contribution is 6.07. The van der Waals surface area contributed by atoms with E-state index < -0.39 is 0 Å². The highest BCUT2D eigenvalue weighted by atomic mass is 16.2. The third kappa shape index (κ3) is 2.69. The van der Waals surface area contributed by atoms with E-state index in [4.69, 9.17) is 0 Å². The zero-order valence-corrected chi connectivity index (χ0v) is 14.9. The predicted molar refractivity (Wildman–Crippen MR) is 100 cm³/mol. The van der Waals surface area contributed by atoms with Gasteiger partial charge in [0.05, 0.1) is 0 Å². The van der Waals surface area contributed by atoms with Gasteiger partial charge >= 0.3 is 0 Å². The van der Waals surface area contributed by atoms with Crippen LogP contribution in [0.3, 0.4) is 0 Å². The number of ketones is 1. The van der Waals surface area contributed by atoms with Crippen molar-refractivity contribution in [3.05, 3.63) is 66.1 Å². The van der Waals surface area contributed by atoms with Crippen LogP contribution in [0, 0.1) is 0 Å². The standard InChI is InChI=1S/C21H21N3O2/c1-14(21(26)23-11-17(12-23)16-7-9-22-10-8-16)24-13-19(15(2)25)18-5-3-4-6-20(18)24/h3-10,13-14,17H,11-12H2,1-2H3/t14-/m1/s1. The van der Waals surface area contributed by atoms with Crippen LogP contribution in [-0.4, -0.2) is 39.2 Å². The van der Waals surface area contributed by atoms with E-state index in [1.54, 1.807) is 19.3 Å². The molecule has 132 valence electrons. The highest BCUT2D eigenvalue weighted by Gasteiger charge is 2.34. The van der Waals surface area contributed by atoms with E-state index in [-0.39, 0.29) is 17.7 Å². The van der Waals surface area contributed by atoms with Crippen LogP contribution in [0.5, 0.6) is 0 Å². The second kappa shape index (κ2) is 6.41. The zero-order valence-electron chi connectivity index (χ0n) is 14.9. The molecule has 0 radical (unpaired) electrons. The van der Waals surface area contributed by atoms with Gasteiger partial charge in [0, 0.05) is 54.1 Å². The van der Waals surface area contributed by atoms with Crippen molar-refractivity contribution >= 4 is 22.6 Å². The Bertz CT molecular complexity index is 971. The number of carbonyl (C=O) groups is 2. The maximum atomic E-state index is 12.9. The molecule has 0 aliphatic carbocycles. The molecule has 5 nitrogen and oxygen atoms in total. The maximum Gasteiger partial charge on any atom is 0.245 e. The molecular formula is C21H21N3O2. The van der Waals surface area contributed by atoms with Gasteiger partial charge in [-0.3, -0.25) is 14.6 Å². The number of amides is 1. The van der Waals surface area contributed by atoms with Crippen molar-refractivity contribution in [3.63, 3.8) is 0 Å². The summed E-state index contributed by atoms with van der Waals surface area (Å²) in [5.74, 6) is 0.482. The quantitative estimate of drug-likeness (QED) is 0.680. The van der Waals surface area contributed by atoms with Gasteiger partial charge in [0.2, 0.25) is 5.91 Å². The lowest BCUT2D eigenvalue weighted by Crippen LogP contribution is -2.50. The molecule has 1 saturated heterocycles. The van der Waals surface area contributed by atoms with E-state index in [0.29, 0.717) is 11.5 Å². The molecule has 0 bridgehead atoms. The SMILES string of the molecule is CC(=O)c1cn([C@H](C)C(=O)N2CC(c3ccncc3)C2)c2ccccc12. The number of fused-ring (bicyclic) bond motifs is 1. The number of hydrogen-bond acceptors (Lipinski definition) is 3. The van der Waals surface area contributed by atoms with Crippen LogP contribution < -0.4 is 0 Å². The van der Waals surface area contributed by atoms with Crippen LogP contribution in [0.1, 0.15) is 41.7 Å². The van der Waals surface area contributed by atoms with Crippen molar-refractivity contribution in [1.82, 2.24) is 14.5 Å². The molecule has 3 aromatic rings. The number of para-hydroxylation sites is 1. The fourth-order valence-corrected chi connectivity index (χ4v) is 3.69. The number of rotatable bonds is 4. The summed E-state index contributed by atoms with van der Waals surface area (Å²) in [4.78, 5) is 30.8. The van der Waals surface area contributed by atoms with Crippen LogP contribution in [0.4, 0.5) is 0 Å². The first-order valence-electron chi connectivity index (χ1n) is 8.85. The van der Waals surface area contributed by atoms with Gasteiger partial charge in [-0.15, -0.1) is 0 Å². The summed E-state index contributed by atoms with van der Waals surface area (Å²) in [6, 6.07) is 11.4. The summed E-state index contributed by atoms with van der Waals surface area (Å²) in [5.41, 5.74) is 2.81. The van der Waals surface area contributed by atoms with Crippen molar-refractivity contribution < 1.29 is 9.59 Å². The molecule has 0 N–H and O–H groups in total. The molecule has 0 unspecified atom stereocenters. The Labute approximate surface area is 152 Å². The monoisotopic (exact) mass is 347 g/mol. The maximum absolute atomic E-state index is 12.9. The number of Topliss-reactive ketones (excluding diaryl/α,β-unsaturated/α-hetero) is 1. The van der Waals surface area contributed by atoms with Crippen LogP contribution in [0.25, 0.3) is 10.9 Å². The number of benzene rings is 1. The molecule has 1 aliphatic rings. The molecule has 1 aromatic carbocycles. The number of hydrogen-bond donors (Lipinski definition) is 0. The minimum atomic E-state index is -0.341. The Kier molecular flexibility index (Phi) is 4.07. The molecule has 5 heteroatoms. The normalized spacial score (nSPS) is 15.7. The lowest BCUT2D eigenvalue weighted by atomic mass is 9.91. The minimum Gasteiger partial charge on any atom is -0.340 e. The molecular weight excluding hydrogens is 326 g/mol. The molecule has 2 aromatic heterocycles. The summed E-state index contributed by atoms with van der Waals surface area (Å²) in [6.45, 7) is 4.92. The Morgan fingerprint density at radius 1 is 1.12 bits per heavy atom. The Morgan fingerprint density at radius 2 is 1.81 bits per heavy atom. The Hall–Kier alpha value is -2.95. The van der Waals surface area contributed by atoms with Crippen LogP contribution in [0.15, 0.2) is 55.0 Å². The van der Waals surface area contributed by atoms with E-state index in [1.807, 2.05) is 59.0 Å². The fraction of sp³-hybridized carbons (Fsp3) is 0.286. The molecule has 3 heterocycles. The number of nitrogens with zero attached hydrogens (tertiary/aromatic N) is 3. The number of likely N-dealkylation sites (tertiary alicyclic amines) is 1. The average molecular weight is 347 g/mol. The molecule has 4 rings (SSSR count). The van der Waals surface area contributed by atoms with Crippen LogP contribution in [0.2, 0.25) is 0 Å². The number of pyridine rings is 1. The van der Waals surface area contributed by atoms with Gasteiger partial charge in [-0.05, 0) is 37.6 Å². The predicted octanol–water partition coefficient (Wildman–Crippen LogP) is 3.43. The molecule has 0 saturated carbocycles. The summed E-state index contributed by atoms with van der Waals surface area (Å²) in [5, 5.41) is 0.901. The minimum absolute atomic E-state index is 0.0151. The summed E-state index contributed by atoms with van der Waals surface area (Å²) < 4.78 is 1.92. The first-order valence-corrected chi connectivity index (χ1v) is 8.85. The van der Waals surface area contributed by atoms with Gasteiger partial charge < -0.3 is 9.47 Å². The lowest BCUT2D eigenvalue weighted by molar-refractivity contribution is -0.138. The van der Waals surface area contributed by atoms with E-state index in [1.165, 1.54) is 5.56 Å². The van der Waals surface area contributed by atoms with Crippen LogP contribution >= 0.6 is 0 Å². The first-order chi connectivity index (χ1) is 12.6. The molecule has 1 amide bonds. The van der Waals surface area contributed by atoms with Crippen LogP contribution in [-0.2, 0) is 4.79 Å². The fourth-order valence-electron chi connectivity index (χ4n) is 3.69. The third-order valence-electron chi connectivity index (χ3n) is 5.27. The molecule has 1 fully saturated rings. The van der Waals surface area contributed by atoms with Gasteiger partial charge in [-0.25, -0.2) is 0 Å². The number of aromatic nitrogens is 2. The molecule has 26 heavy (non-hydrogen) atoms.